The van der Waals surface area contributed by atoms with E-state index in [1.54, 1.807) is 0 Å². The van der Waals surface area contributed by atoms with E-state index < -0.39 is 17.8 Å². The fourth-order valence-corrected chi connectivity index (χ4v) is 6.29. The van der Waals surface area contributed by atoms with Crippen molar-refractivity contribution in [3.8, 4) is 0 Å². The number of carboxylic acids is 1. The number of hydrogen-bond acceptors (Lipinski definition) is 4. The Morgan fingerprint density at radius 3 is 2.29 bits per heavy atom. The Balaban J connectivity index is 1.54. The van der Waals surface area contributed by atoms with E-state index >= 15 is 0 Å². The average molecular weight is 405 g/mol. The summed E-state index contributed by atoms with van der Waals surface area (Å²) in [6.45, 7) is 0. The van der Waals surface area contributed by atoms with E-state index in [1.165, 1.54) is 16.2 Å². The van der Waals surface area contributed by atoms with E-state index in [0.717, 1.165) is 63.4 Å². The van der Waals surface area contributed by atoms with Gasteiger partial charge < -0.3 is 15.7 Å². The highest BCUT2D eigenvalue weighted by Crippen LogP contribution is 2.40. The number of aryl methyl sites for hydroxylation is 1. The van der Waals surface area contributed by atoms with Crippen LogP contribution in [0.25, 0.3) is 0 Å². The number of carbonyl (C=O) groups is 3. The molecule has 1 heterocycles. The zero-order valence-electron chi connectivity index (χ0n) is 16.1. The standard InChI is InChI=1S/C21H28N2O4S/c24-18(13-8-3-4-9-14(13)21(26)27)23-20-17(15-10-5-11-16(15)28-20)19(25)22-12-6-1-2-7-12/h12-14H,1-11H2,(H,22,25)(H,23,24)(H,26,27). The summed E-state index contributed by atoms with van der Waals surface area (Å²) in [6, 6.07) is 0.225. The Morgan fingerprint density at radius 2 is 1.57 bits per heavy atom. The smallest absolute Gasteiger partial charge is 0.307 e. The maximum Gasteiger partial charge on any atom is 0.307 e. The summed E-state index contributed by atoms with van der Waals surface area (Å²) in [5, 5.41) is 16.2. The molecule has 28 heavy (non-hydrogen) atoms. The second kappa shape index (κ2) is 8.23. The molecule has 2 saturated carbocycles. The zero-order chi connectivity index (χ0) is 19.7. The van der Waals surface area contributed by atoms with E-state index in [-0.39, 0.29) is 17.9 Å². The van der Waals surface area contributed by atoms with Crippen molar-refractivity contribution in [1.82, 2.24) is 5.32 Å². The van der Waals surface area contributed by atoms with Crippen LogP contribution < -0.4 is 10.6 Å². The summed E-state index contributed by atoms with van der Waals surface area (Å²) in [6.07, 6.45) is 10.1. The first-order chi connectivity index (χ1) is 13.5. The molecule has 2 atom stereocenters. The van der Waals surface area contributed by atoms with Crippen molar-refractivity contribution >= 4 is 34.1 Å². The summed E-state index contributed by atoms with van der Waals surface area (Å²) >= 11 is 1.50. The van der Waals surface area contributed by atoms with Gasteiger partial charge in [0.2, 0.25) is 5.91 Å². The lowest BCUT2D eigenvalue weighted by Crippen LogP contribution is -2.37. The maximum atomic E-state index is 13.0. The van der Waals surface area contributed by atoms with Gasteiger partial charge in [-0.15, -0.1) is 11.3 Å². The number of carbonyl (C=O) groups excluding carboxylic acids is 2. The van der Waals surface area contributed by atoms with Gasteiger partial charge in [0.15, 0.2) is 0 Å². The molecule has 1 aromatic rings. The monoisotopic (exact) mass is 404 g/mol. The number of thiophene rings is 1. The van der Waals surface area contributed by atoms with E-state index in [1.807, 2.05) is 0 Å². The summed E-state index contributed by atoms with van der Waals surface area (Å²) in [7, 11) is 0. The predicted molar refractivity (Wildman–Crippen MR) is 108 cm³/mol. The van der Waals surface area contributed by atoms with Gasteiger partial charge in [-0.2, -0.15) is 0 Å². The third-order valence-electron chi connectivity index (χ3n) is 6.50. The fraction of sp³-hybridized carbons (Fsp3) is 0.667. The van der Waals surface area contributed by atoms with Crippen LogP contribution in [0.2, 0.25) is 0 Å². The fourth-order valence-electron chi connectivity index (χ4n) is 5.01. The highest BCUT2D eigenvalue weighted by Gasteiger charge is 2.37. The molecule has 0 spiro atoms. The normalized spacial score (nSPS) is 24.7. The third-order valence-corrected chi connectivity index (χ3v) is 7.70. The minimum absolute atomic E-state index is 0.0833. The van der Waals surface area contributed by atoms with Crippen LogP contribution in [0.3, 0.4) is 0 Å². The van der Waals surface area contributed by atoms with E-state index in [4.69, 9.17) is 0 Å². The molecule has 2 amide bonds. The van der Waals surface area contributed by atoms with E-state index in [9.17, 15) is 19.5 Å². The molecule has 0 aliphatic heterocycles. The highest BCUT2D eigenvalue weighted by molar-refractivity contribution is 7.17. The average Bonchev–Trinajstić information content (AvgIpc) is 3.39. The van der Waals surface area contributed by atoms with Gasteiger partial charge in [0.25, 0.3) is 5.91 Å². The van der Waals surface area contributed by atoms with Crippen LogP contribution in [0.15, 0.2) is 0 Å². The van der Waals surface area contributed by atoms with Crippen LogP contribution in [0, 0.1) is 11.8 Å². The molecular formula is C21H28N2O4S. The van der Waals surface area contributed by atoms with Gasteiger partial charge in [0.1, 0.15) is 5.00 Å². The number of fused-ring (bicyclic) bond motifs is 1. The summed E-state index contributed by atoms with van der Waals surface area (Å²) in [5.74, 6) is -2.38. The molecule has 0 radical (unpaired) electrons. The molecular weight excluding hydrogens is 376 g/mol. The van der Waals surface area contributed by atoms with Gasteiger partial charge in [-0.1, -0.05) is 25.7 Å². The quantitative estimate of drug-likeness (QED) is 0.697. The van der Waals surface area contributed by atoms with Crippen LogP contribution in [0.1, 0.15) is 78.6 Å². The number of aliphatic carboxylic acids is 1. The van der Waals surface area contributed by atoms with Crippen LogP contribution in [0.5, 0.6) is 0 Å². The van der Waals surface area contributed by atoms with Gasteiger partial charge in [-0.05, 0) is 50.5 Å². The SMILES string of the molecule is O=C(NC1CCCC1)c1c(NC(=O)C2CCCCC2C(=O)O)sc2c1CCC2. The molecule has 152 valence electrons. The van der Waals surface area contributed by atoms with Crippen LogP contribution in [-0.2, 0) is 22.4 Å². The first-order valence-corrected chi connectivity index (χ1v) is 11.4. The van der Waals surface area contributed by atoms with Gasteiger partial charge in [-0.25, -0.2) is 0 Å². The molecule has 2 fully saturated rings. The summed E-state index contributed by atoms with van der Waals surface area (Å²) in [4.78, 5) is 38.7. The minimum atomic E-state index is -0.896. The number of rotatable bonds is 5. The number of amides is 2. The molecule has 3 N–H and O–H groups in total. The van der Waals surface area contributed by atoms with Gasteiger partial charge >= 0.3 is 5.97 Å². The topological polar surface area (TPSA) is 95.5 Å². The molecule has 6 nitrogen and oxygen atoms in total. The van der Waals surface area contributed by atoms with Crippen LogP contribution >= 0.6 is 11.3 Å². The number of anilines is 1. The summed E-state index contributed by atoms with van der Waals surface area (Å²) in [5.41, 5.74) is 1.70. The Kier molecular flexibility index (Phi) is 5.71. The Hall–Kier alpha value is -1.89. The van der Waals surface area contributed by atoms with Crippen molar-refractivity contribution in [2.45, 2.75) is 76.7 Å². The van der Waals surface area contributed by atoms with Crippen LogP contribution in [0.4, 0.5) is 5.00 Å². The van der Waals surface area contributed by atoms with Crippen LogP contribution in [-0.4, -0.2) is 28.9 Å². The number of nitrogens with one attached hydrogen (secondary N) is 2. The molecule has 4 rings (SSSR count). The Bertz CT molecular complexity index is 782. The second-order valence-electron chi connectivity index (χ2n) is 8.34. The lowest BCUT2D eigenvalue weighted by molar-refractivity contribution is -0.147. The maximum absolute atomic E-state index is 13.0. The Labute approximate surface area is 169 Å². The number of hydrogen-bond donors (Lipinski definition) is 3. The third kappa shape index (κ3) is 3.81. The van der Waals surface area contributed by atoms with Crippen molar-refractivity contribution in [1.29, 1.82) is 0 Å². The van der Waals surface area contributed by atoms with E-state index in [0.29, 0.717) is 23.4 Å². The van der Waals surface area contributed by atoms with Gasteiger partial charge in [0.05, 0.1) is 17.4 Å². The molecule has 3 aliphatic rings. The zero-order valence-corrected chi connectivity index (χ0v) is 16.9. The lowest BCUT2D eigenvalue weighted by Gasteiger charge is -2.27. The van der Waals surface area contributed by atoms with Crippen molar-refractivity contribution in [2.75, 3.05) is 5.32 Å². The lowest BCUT2D eigenvalue weighted by atomic mass is 9.79. The molecule has 0 aromatic carbocycles. The molecule has 0 bridgehead atoms. The van der Waals surface area contributed by atoms with Gasteiger partial charge in [-0.3, -0.25) is 14.4 Å². The molecule has 0 saturated heterocycles. The number of carboxylic acid groups (broad SMARTS) is 1. The highest BCUT2D eigenvalue weighted by atomic mass is 32.1. The first-order valence-electron chi connectivity index (χ1n) is 10.5. The van der Waals surface area contributed by atoms with Crippen molar-refractivity contribution < 1.29 is 19.5 Å². The second-order valence-corrected chi connectivity index (χ2v) is 9.45. The van der Waals surface area contributed by atoms with E-state index in [2.05, 4.69) is 10.6 Å². The molecule has 1 aromatic heterocycles. The first kappa shape index (κ1) is 19.4. The Morgan fingerprint density at radius 1 is 0.893 bits per heavy atom. The largest absolute Gasteiger partial charge is 0.481 e. The summed E-state index contributed by atoms with van der Waals surface area (Å²) < 4.78 is 0. The molecule has 2 unspecified atom stereocenters. The van der Waals surface area contributed by atoms with Crippen molar-refractivity contribution in [2.24, 2.45) is 11.8 Å². The van der Waals surface area contributed by atoms with Crippen molar-refractivity contribution in [3.63, 3.8) is 0 Å². The predicted octanol–water partition coefficient (Wildman–Crippen LogP) is 3.74. The van der Waals surface area contributed by atoms with Crippen molar-refractivity contribution in [3.05, 3.63) is 16.0 Å². The molecule has 3 aliphatic carbocycles. The van der Waals surface area contributed by atoms with Gasteiger partial charge in [0, 0.05) is 10.9 Å². The minimum Gasteiger partial charge on any atom is -0.481 e. The molecule has 7 heteroatoms.